The van der Waals surface area contributed by atoms with E-state index in [0.29, 0.717) is 19.8 Å². The number of carbonyl (C=O) groups is 1. The molecule has 18 heavy (non-hydrogen) atoms. The highest BCUT2D eigenvalue weighted by atomic mass is 16.5. The first kappa shape index (κ1) is 11.6. The highest BCUT2D eigenvalue weighted by molar-refractivity contribution is 5.80. The Bertz CT molecular complexity index is 446. The van der Waals surface area contributed by atoms with Gasteiger partial charge in [-0.2, -0.15) is 0 Å². The van der Waals surface area contributed by atoms with Crippen molar-refractivity contribution < 1.29 is 9.53 Å². The fourth-order valence-electron chi connectivity index (χ4n) is 2.57. The Balaban J connectivity index is 1.71. The molecule has 0 radical (unpaired) electrons. The number of rotatable bonds is 2. The van der Waals surface area contributed by atoms with Gasteiger partial charge in [-0.05, 0) is 7.05 Å². The zero-order chi connectivity index (χ0) is 12.5. The van der Waals surface area contributed by atoms with E-state index in [2.05, 4.69) is 15.5 Å². The van der Waals surface area contributed by atoms with Crippen LogP contribution in [0.5, 0.6) is 0 Å². The third-order valence-electron chi connectivity index (χ3n) is 3.72. The van der Waals surface area contributed by atoms with E-state index >= 15 is 0 Å². The van der Waals surface area contributed by atoms with Gasteiger partial charge >= 0.3 is 0 Å². The first-order valence-electron chi connectivity index (χ1n) is 6.20. The minimum absolute atomic E-state index is 0.0792. The molecule has 7 heteroatoms. The Labute approximate surface area is 105 Å². The van der Waals surface area contributed by atoms with E-state index < -0.39 is 0 Å². The summed E-state index contributed by atoms with van der Waals surface area (Å²) in [7, 11) is 1.87. The fourth-order valence-corrected chi connectivity index (χ4v) is 2.57. The van der Waals surface area contributed by atoms with Crippen molar-refractivity contribution in [3.63, 3.8) is 0 Å². The summed E-state index contributed by atoms with van der Waals surface area (Å²) in [6, 6.07) is 0.122. The summed E-state index contributed by atoms with van der Waals surface area (Å²) in [4.78, 5) is 14.3. The number of nitrogens with one attached hydrogen (secondary N) is 1. The molecule has 0 spiro atoms. The minimum atomic E-state index is -0.0792. The molecule has 0 saturated carbocycles. The molecule has 3 rings (SSSR count). The number of nitrogens with zero attached hydrogens (tertiary/aromatic N) is 4. The highest BCUT2D eigenvalue weighted by Crippen LogP contribution is 2.19. The summed E-state index contributed by atoms with van der Waals surface area (Å²) in [6.45, 7) is 3.15. The Morgan fingerprint density at radius 3 is 3.22 bits per heavy atom. The molecule has 0 aliphatic carbocycles. The van der Waals surface area contributed by atoms with Gasteiger partial charge in [0.1, 0.15) is 6.33 Å². The topological polar surface area (TPSA) is 72.3 Å². The summed E-state index contributed by atoms with van der Waals surface area (Å²) >= 11 is 0. The number of carbonyl (C=O) groups excluding carboxylic acids is 1. The lowest BCUT2D eigenvalue weighted by atomic mass is 10.0. The van der Waals surface area contributed by atoms with Crippen LogP contribution in [0.2, 0.25) is 0 Å². The summed E-state index contributed by atoms with van der Waals surface area (Å²) in [6.07, 6.45) is 1.71. The van der Waals surface area contributed by atoms with Gasteiger partial charge in [0.2, 0.25) is 5.91 Å². The predicted molar refractivity (Wildman–Crippen MR) is 62.6 cm³/mol. The SMILES string of the molecule is CNC1COCC1C(=O)N1CCn2cnnc2C1. The summed E-state index contributed by atoms with van der Waals surface area (Å²) in [5.74, 6) is 0.931. The second-order valence-electron chi connectivity index (χ2n) is 4.74. The van der Waals surface area contributed by atoms with E-state index in [-0.39, 0.29) is 17.9 Å². The molecule has 2 aliphatic heterocycles. The average Bonchev–Trinajstić information content (AvgIpc) is 3.05. The maximum atomic E-state index is 12.4. The number of ether oxygens (including phenoxy) is 1. The Morgan fingerprint density at radius 1 is 1.50 bits per heavy atom. The first-order chi connectivity index (χ1) is 8.79. The molecule has 1 aromatic rings. The van der Waals surface area contributed by atoms with Gasteiger partial charge in [-0.15, -0.1) is 10.2 Å². The van der Waals surface area contributed by atoms with Gasteiger partial charge in [0.25, 0.3) is 0 Å². The number of amides is 1. The highest BCUT2D eigenvalue weighted by Gasteiger charge is 2.36. The van der Waals surface area contributed by atoms with Gasteiger partial charge in [0.15, 0.2) is 5.82 Å². The van der Waals surface area contributed by atoms with E-state index in [1.807, 2.05) is 16.5 Å². The molecular formula is C11H17N5O2. The molecule has 1 saturated heterocycles. The third-order valence-corrected chi connectivity index (χ3v) is 3.72. The van der Waals surface area contributed by atoms with Crippen molar-refractivity contribution in [1.82, 2.24) is 25.0 Å². The summed E-state index contributed by atoms with van der Waals surface area (Å²) in [5, 5.41) is 11.0. The van der Waals surface area contributed by atoms with Gasteiger partial charge in [0, 0.05) is 19.1 Å². The van der Waals surface area contributed by atoms with E-state index in [9.17, 15) is 4.79 Å². The van der Waals surface area contributed by atoms with Crippen molar-refractivity contribution in [3.8, 4) is 0 Å². The Hall–Kier alpha value is -1.47. The minimum Gasteiger partial charge on any atom is -0.379 e. The molecule has 1 N–H and O–H groups in total. The summed E-state index contributed by atoms with van der Waals surface area (Å²) in [5.41, 5.74) is 0. The van der Waals surface area contributed by atoms with Crippen LogP contribution < -0.4 is 5.32 Å². The maximum Gasteiger partial charge on any atom is 0.230 e. The number of likely N-dealkylation sites (N-methyl/N-ethyl adjacent to an activating group) is 1. The number of hydrogen-bond donors (Lipinski definition) is 1. The quantitative estimate of drug-likeness (QED) is 0.719. The summed E-state index contributed by atoms with van der Waals surface area (Å²) < 4.78 is 7.37. The second kappa shape index (κ2) is 4.66. The normalized spacial score (nSPS) is 27.3. The Morgan fingerprint density at radius 2 is 2.39 bits per heavy atom. The zero-order valence-corrected chi connectivity index (χ0v) is 10.4. The third kappa shape index (κ3) is 1.89. The van der Waals surface area contributed by atoms with E-state index in [4.69, 9.17) is 4.74 Å². The molecular weight excluding hydrogens is 234 g/mol. The smallest absolute Gasteiger partial charge is 0.230 e. The van der Waals surface area contributed by atoms with Gasteiger partial charge in [-0.1, -0.05) is 0 Å². The average molecular weight is 251 g/mol. The monoisotopic (exact) mass is 251 g/mol. The largest absolute Gasteiger partial charge is 0.379 e. The molecule has 3 heterocycles. The van der Waals surface area contributed by atoms with Crippen LogP contribution in [0, 0.1) is 5.92 Å². The number of aromatic nitrogens is 3. The lowest BCUT2D eigenvalue weighted by Gasteiger charge is -2.30. The standard InChI is InChI=1S/C11H17N5O2/c1-12-9-6-18-5-8(9)11(17)15-2-3-16-7-13-14-10(16)4-15/h7-9,12H,2-6H2,1H3. The molecule has 7 nitrogen and oxygen atoms in total. The van der Waals surface area contributed by atoms with Crippen molar-refractivity contribution in [2.45, 2.75) is 19.1 Å². The van der Waals surface area contributed by atoms with Crippen LogP contribution in [-0.2, 0) is 22.6 Å². The zero-order valence-electron chi connectivity index (χ0n) is 10.4. The van der Waals surface area contributed by atoms with Crippen LogP contribution in [0.25, 0.3) is 0 Å². The van der Waals surface area contributed by atoms with Crippen molar-refractivity contribution in [2.24, 2.45) is 5.92 Å². The van der Waals surface area contributed by atoms with Crippen LogP contribution in [0.1, 0.15) is 5.82 Å². The molecule has 1 aromatic heterocycles. The van der Waals surface area contributed by atoms with Crippen LogP contribution in [0.4, 0.5) is 0 Å². The molecule has 2 unspecified atom stereocenters. The van der Waals surface area contributed by atoms with Crippen molar-refractivity contribution in [1.29, 1.82) is 0 Å². The van der Waals surface area contributed by atoms with E-state index in [0.717, 1.165) is 18.9 Å². The predicted octanol–water partition coefficient (Wildman–Crippen LogP) is -1.15. The van der Waals surface area contributed by atoms with Gasteiger partial charge in [-0.3, -0.25) is 4.79 Å². The van der Waals surface area contributed by atoms with E-state index in [1.54, 1.807) is 6.33 Å². The molecule has 0 aromatic carbocycles. The molecule has 2 aliphatic rings. The molecule has 2 atom stereocenters. The number of hydrogen-bond acceptors (Lipinski definition) is 5. The lowest BCUT2D eigenvalue weighted by molar-refractivity contribution is -0.137. The molecule has 98 valence electrons. The number of fused-ring (bicyclic) bond motifs is 1. The second-order valence-corrected chi connectivity index (χ2v) is 4.74. The molecule has 0 bridgehead atoms. The van der Waals surface area contributed by atoms with E-state index in [1.165, 1.54) is 0 Å². The van der Waals surface area contributed by atoms with Crippen LogP contribution >= 0.6 is 0 Å². The Kier molecular flexibility index (Phi) is 3.00. The first-order valence-corrected chi connectivity index (χ1v) is 6.20. The maximum absolute atomic E-state index is 12.4. The molecule has 1 fully saturated rings. The molecule has 1 amide bonds. The van der Waals surface area contributed by atoms with Gasteiger partial charge < -0.3 is 19.5 Å². The van der Waals surface area contributed by atoms with Crippen molar-refractivity contribution in [2.75, 3.05) is 26.8 Å². The lowest BCUT2D eigenvalue weighted by Crippen LogP contribution is -2.47. The van der Waals surface area contributed by atoms with Crippen LogP contribution in [-0.4, -0.2) is 58.4 Å². The van der Waals surface area contributed by atoms with Gasteiger partial charge in [0.05, 0.1) is 25.7 Å². The van der Waals surface area contributed by atoms with Crippen molar-refractivity contribution >= 4 is 5.91 Å². The van der Waals surface area contributed by atoms with Crippen LogP contribution in [0.15, 0.2) is 6.33 Å². The fraction of sp³-hybridized carbons (Fsp3) is 0.727. The van der Waals surface area contributed by atoms with Crippen LogP contribution in [0.3, 0.4) is 0 Å². The van der Waals surface area contributed by atoms with Gasteiger partial charge in [-0.25, -0.2) is 0 Å². The van der Waals surface area contributed by atoms with Crippen molar-refractivity contribution in [3.05, 3.63) is 12.2 Å².